The Hall–Kier alpha value is -2.78. The summed E-state index contributed by atoms with van der Waals surface area (Å²) < 4.78 is 27.1. The summed E-state index contributed by atoms with van der Waals surface area (Å²) in [5, 5.41) is 3.17. The number of aromatic nitrogens is 3. The highest BCUT2D eigenvalue weighted by molar-refractivity contribution is 7.89. The molecule has 8 nitrogen and oxygen atoms in total. The lowest BCUT2D eigenvalue weighted by Gasteiger charge is -2.31. The first kappa shape index (κ1) is 22.4. The second-order valence-corrected chi connectivity index (χ2v) is 10.6. The molecule has 1 aliphatic heterocycles. The summed E-state index contributed by atoms with van der Waals surface area (Å²) in [7, 11) is -3.58. The van der Waals surface area contributed by atoms with E-state index in [4.69, 9.17) is 0 Å². The van der Waals surface area contributed by atoms with E-state index in [1.807, 2.05) is 24.3 Å². The van der Waals surface area contributed by atoms with E-state index in [0.29, 0.717) is 31.8 Å². The van der Waals surface area contributed by atoms with Crippen LogP contribution in [0.4, 0.5) is 0 Å². The van der Waals surface area contributed by atoms with Crippen LogP contribution in [0, 0.1) is 11.8 Å². The van der Waals surface area contributed by atoms with Crippen molar-refractivity contribution in [3.05, 3.63) is 54.6 Å². The molecule has 1 amide bonds. The third kappa shape index (κ3) is 4.83. The maximum atomic E-state index is 13.1. The molecule has 2 aromatic heterocycles. The van der Waals surface area contributed by atoms with Crippen LogP contribution >= 0.6 is 0 Å². The second kappa shape index (κ2) is 9.38. The number of benzene rings is 1. The number of hydrogen-bond donors (Lipinski definition) is 2. The normalized spacial score (nSPS) is 17.0. The molecule has 3 heterocycles. The van der Waals surface area contributed by atoms with Gasteiger partial charge in [-0.15, -0.1) is 0 Å². The van der Waals surface area contributed by atoms with Crippen molar-refractivity contribution in [2.24, 2.45) is 11.8 Å². The summed E-state index contributed by atoms with van der Waals surface area (Å²) in [4.78, 5) is 25.2. The summed E-state index contributed by atoms with van der Waals surface area (Å²) in [5.74, 6) is 0.855. The first-order valence-corrected chi connectivity index (χ1v) is 12.4. The molecule has 0 spiro atoms. The first-order valence-electron chi connectivity index (χ1n) is 11.0. The van der Waals surface area contributed by atoms with E-state index < -0.39 is 10.0 Å². The molecule has 1 aliphatic rings. The average Bonchev–Trinajstić information content (AvgIpc) is 3.23. The zero-order chi connectivity index (χ0) is 22.7. The van der Waals surface area contributed by atoms with Crippen molar-refractivity contribution in [2.75, 3.05) is 13.1 Å². The lowest BCUT2D eigenvalue weighted by molar-refractivity contribution is -0.127. The van der Waals surface area contributed by atoms with Crippen molar-refractivity contribution in [1.82, 2.24) is 24.6 Å². The van der Waals surface area contributed by atoms with Gasteiger partial charge in [-0.2, -0.15) is 4.31 Å². The van der Waals surface area contributed by atoms with Crippen molar-refractivity contribution in [3.63, 3.8) is 0 Å². The third-order valence-electron chi connectivity index (χ3n) is 5.86. The molecule has 1 unspecified atom stereocenters. The molecule has 0 radical (unpaired) electrons. The quantitative estimate of drug-likeness (QED) is 0.568. The van der Waals surface area contributed by atoms with E-state index in [1.54, 1.807) is 18.3 Å². The molecule has 4 rings (SSSR count). The van der Waals surface area contributed by atoms with Gasteiger partial charge in [0.25, 0.3) is 0 Å². The molecule has 0 aliphatic carbocycles. The molecule has 0 bridgehead atoms. The maximum Gasteiger partial charge on any atom is 0.244 e. The standard InChI is InChI=1S/C23H29N5O3S/c1-16(2)14-21(22-25-19-7-3-4-8-20(19)26-22)27-23(29)17-9-12-28(13-10-17)32(30,31)18-6-5-11-24-15-18/h3-8,11,15-17,21H,9-10,12-14H2,1-2H3,(H,25,26)(H,27,29). The Bertz CT molecular complexity index is 1140. The van der Waals surface area contributed by atoms with E-state index in [9.17, 15) is 13.2 Å². The number of nitrogens with zero attached hydrogens (tertiary/aromatic N) is 3. The van der Waals surface area contributed by atoms with E-state index in [0.717, 1.165) is 23.3 Å². The van der Waals surface area contributed by atoms with Gasteiger partial charge in [0.1, 0.15) is 10.7 Å². The van der Waals surface area contributed by atoms with Gasteiger partial charge in [0.05, 0.1) is 17.1 Å². The van der Waals surface area contributed by atoms with Crippen molar-refractivity contribution in [1.29, 1.82) is 0 Å². The molecule has 1 fully saturated rings. The van der Waals surface area contributed by atoms with Gasteiger partial charge in [0.2, 0.25) is 15.9 Å². The summed E-state index contributed by atoms with van der Waals surface area (Å²) in [6.45, 7) is 4.86. The molecule has 1 atom stereocenters. The summed E-state index contributed by atoms with van der Waals surface area (Å²) in [6, 6.07) is 10.8. The Balaban J connectivity index is 1.42. The molecule has 1 aromatic carbocycles. The fourth-order valence-electron chi connectivity index (χ4n) is 4.14. The molecular weight excluding hydrogens is 426 g/mol. The number of rotatable bonds is 7. The Kier molecular flexibility index (Phi) is 6.57. The molecule has 0 saturated carbocycles. The Morgan fingerprint density at radius 1 is 1.19 bits per heavy atom. The molecule has 170 valence electrons. The van der Waals surface area contributed by atoms with Crippen molar-refractivity contribution < 1.29 is 13.2 Å². The van der Waals surface area contributed by atoms with Crippen molar-refractivity contribution in [3.8, 4) is 0 Å². The van der Waals surface area contributed by atoms with Crippen LogP contribution in [0.2, 0.25) is 0 Å². The van der Waals surface area contributed by atoms with Crippen LogP contribution in [-0.2, 0) is 14.8 Å². The number of pyridine rings is 1. The van der Waals surface area contributed by atoms with Crippen LogP contribution in [0.1, 0.15) is 45.0 Å². The van der Waals surface area contributed by atoms with Crippen molar-refractivity contribution >= 4 is 27.0 Å². The Labute approximate surface area is 188 Å². The lowest BCUT2D eigenvalue weighted by Crippen LogP contribution is -2.44. The SMILES string of the molecule is CC(C)CC(NC(=O)C1CCN(S(=O)(=O)c2cccnc2)CC1)c1nc2ccccc2[nH]1. The summed E-state index contributed by atoms with van der Waals surface area (Å²) in [6.07, 6.45) is 4.64. The predicted molar refractivity (Wildman–Crippen MR) is 122 cm³/mol. The van der Waals surface area contributed by atoms with Gasteiger partial charge in [-0.1, -0.05) is 26.0 Å². The van der Waals surface area contributed by atoms with Gasteiger partial charge >= 0.3 is 0 Å². The van der Waals surface area contributed by atoms with Gasteiger partial charge in [-0.25, -0.2) is 13.4 Å². The van der Waals surface area contributed by atoms with Gasteiger partial charge in [-0.3, -0.25) is 9.78 Å². The lowest BCUT2D eigenvalue weighted by atomic mass is 9.95. The monoisotopic (exact) mass is 455 g/mol. The average molecular weight is 456 g/mol. The van der Waals surface area contributed by atoms with Crippen LogP contribution in [-0.4, -0.2) is 46.7 Å². The van der Waals surface area contributed by atoms with E-state index >= 15 is 0 Å². The number of hydrogen-bond acceptors (Lipinski definition) is 5. The fourth-order valence-corrected chi connectivity index (χ4v) is 5.58. The number of piperidine rings is 1. The summed E-state index contributed by atoms with van der Waals surface area (Å²) in [5.41, 5.74) is 1.82. The number of fused-ring (bicyclic) bond motifs is 1. The topological polar surface area (TPSA) is 108 Å². The van der Waals surface area contributed by atoms with E-state index in [-0.39, 0.29) is 22.8 Å². The van der Waals surface area contributed by atoms with Gasteiger partial charge in [-0.05, 0) is 49.4 Å². The number of H-pyrrole nitrogens is 1. The highest BCUT2D eigenvalue weighted by Crippen LogP contribution is 2.26. The molecule has 3 aromatic rings. The Morgan fingerprint density at radius 3 is 2.59 bits per heavy atom. The second-order valence-electron chi connectivity index (χ2n) is 8.70. The van der Waals surface area contributed by atoms with Crippen LogP contribution in [0.5, 0.6) is 0 Å². The number of carbonyl (C=O) groups excluding carboxylic acids is 1. The van der Waals surface area contributed by atoms with Gasteiger partial charge in [0.15, 0.2) is 0 Å². The van der Waals surface area contributed by atoms with Gasteiger partial charge < -0.3 is 10.3 Å². The van der Waals surface area contributed by atoms with Gasteiger partial charge in [0, 0.05) is 31.4 Å². The highest BCUT2D eigenvalue weighted by atomic mass is 32.2. The van der Waals surface area contributed by atoms with Crippen LogP contribution in [0.3, 0.4) is 0 Å². The smallest absolute Gasteiger partial charge is 0.244 e. The summed E-state index contributed by atoms with van der Waals surface area (Å²) >= 11 is 0. The third-order valence-corrected chi connectivity index (χ3v) is 7.74. The predicted octanol–water partition coefficient (Wildman–Crippen LogP) is 3.26. The van der Waals surface area contributed by atoms with Crippen LogP contribution in [0.15, 0.2) is 53.7 Å². The minimum atomic E-state index is -3.58. The Morgan fingerprint density at radius 2 is 1.94 bits per heavy atom. The molecule has 9 heteroatoms. The largest absolute Gasteiger partial charge is 0.346 e. The van der Waals surface area contributed by atoms with Crippen LogP contribution < -0.4 is 5.32 Å². The number of imidazole rings is 1. The minimum absolute atomic E-state index is 0.0467. The zero-order valence-corrected chi connectivity index (χ0v) is 19.2. The number of para-hydroxylation sites is 2. The molecule has 2 N–H and O–H groups in total. The first-order chi connectivity index (χ1) is 15.3. The van der Waals surface area contributed by atoms with E-state index in [1.165, 1.54) is 10.5 Å². The molecular formula is C23H29N5O3S. The number of amides is 1. The fraction of sp³-hybridized carbons (Fsp3) is 0.435. The minimum Gasteiger partial charge on any atom is -0.346 e. The van der Waals surface area contributed by atoms with E-state index in [2.05, 4.69) is 34.1 Å². The number of sulfonamides is 1. The van der Waals surface area contributed by atoms with Crippen LogP contribution in [0.25, 0.3) is 11.0 Å². The number of aromatic amines is 1. The number of nitrogens with one attached hydrogen (secondary N) is 2. The molecule has 32 heavy (non-hydrogen) atoms. The zero-order valence-electron chi connectivity index (χ0n) is 18.4. The molecule has 1 saturated heterocycles. The highest BCUT2D eigenvalue weighted by Gasteiger charge is 2.33. The number of carbonyl (C=O) groups is 1. The van der Waals surface area contributed by atoms with Crippen molar-refractivity contribution in [2.45, 2.75) is 44.0 Å². The maximum absolute atomic E-state index is 13.1.